The molecule has 4 heteroatoms. The number of benzene rings is 2. The molecule has 0 saturated heterocycles. The highest BCUT2D eigenvalue weighted by Gasteiger charge is 2.25. The first kappa shape index (κ1) is 17.3. The molecule has 3 nitrogen and oxygen atoms in total. The van der Waals surface area contributed by atoms with Crippen LogP contribution in [0, 0.1) is 0 Å². The molecule has 2 aromatic rings. The van der Waals surface area contributed by atoms with Gasteiger partial charge in [-0.25, -0.2) is 0 Å². The van der Waals surface area contributed by atoms with E-state index in [1.165, 1.54) is 10.4 Å². The molecule has 0 heterocycles. The molecule has 122 valence electrons. The minimum absolute atomic E-state index is 0.461. The highest BCUT2D eigenvalue weighted by atomic mass is 28.3. The molecule has 0 aliphatic rings. The fourth-order valence-electron chi connectivity index (χ4n) is 2.37. The maximum absolute atomic E-state index is 5.68. The normalized spacial score (nSPS) is 11.6. The average Bonchev–Trinajstić information content (AvgIpc) is 2.59. The lowest BCUT2D eigenvalue weighted by Crippen LogP contribution is -2.52. The summed E-state index contributed by atoms with van der Waals surface area (Å²) in [4.78, 5) is 5.08. The molecule has 0 N–H and O–H groups in total. The zero-order valence-electron chi connectivity index (χ0n) is 14.2. The predicted molar refractivity (Wildman–Crippen MR) is 99.9 cm³/mol. The van der Waals surface area contributed by atoms with Crippen molar-refractivity contribution in [3.63, 3.8) is 0 Å². The van der Waals surface area contributed by atoms with Gasteiger partial charge in [0.05, 0.1) is 0 Å². The molecule has 23 heavy (non-hydrogen) atoms. The monoisotopic (exact) mass is 327 g/mol. The fourth-order valence-corrected chi connectivity index (χ4v) is 4.73. The summed E-state index contributed by atoms with van der Waals surface area (Å²) in [7, 11) is -1.63. The van der Waals surface area contributed by atoms with Gasteiger partial charge in [0, 0.05) is 6.21 Å². The van der Waals surface area contributed by atoms with E-state index >= 15 is 0 Å². The molecule has 0 radical (unpaired) electrons. The molecule has 0 fully saturated rings. The third kappa shape index (κ3) is 4.96. The minimum Gasteiger partial charge on any atom is -0.490 e. The summed E-state index contributed by atoms with van der Waals surface area (Å²) in [5, 5.41) is 6.64. The first-order valence-electron chi connectivity index (χ1n) is 8.07. The molecule has 2 rings (SSSR count). The van der Waals surface area contributed by atoms with Gasteiger partial charge in [0.2, 0.25) is 0 Å². The minimum atomic E-state index is -1.63. The molecule has 0 amide bonds. The van der Waals surface area contributed by atoms with E-state index in [-0.39, 0.29) is 0 Å². The van der Waals surface area contributed by atoms with Crippen LogP contribution in [0.15, 0.2) is 59.8 Å². The van der Waals surface area contributed by atoms with Crippen molar-refractivity contribution in [1.29, 1.82) is 0 Å². The van der Waals surface area contributed by atoms with Gasteiger partial charge < -0.3 is 9.57 Å². The van der Waals surface area contributed by atoms with E-state index in [9.17, 15) is 0 Å². The Bertz CT molecular complexity index is 609. The zero-order valence-corrected chi connectivity index (χ0v) is 15.2. The average molecular weight is 328 g/mol. The van der Waals surface area contributed by atoms with Crippen LogP contribution in [-0.4, -0.2) is 27.5 Å². The van der Waals surface area contributed by atoms with Gasteiger partial charge >= 0.3 is 0 Å². The van der Waals surface area contributed by atoms with Crippen molar-refractivity contribution in [2.75, 3.05) is 13.2 Å². The van der Waals surface area contributed by atoms with Crippen LogP contribution in [0.4, 0.5) is 0 Å². The smallest absolute Gasteiger partial charge is 0.151 e. The summed E-state index contributed by atoms with van der Waals surface area (Å²) in [6, 6.07) is 19.2. The van der Waals surface area contributed by atoms with Gasteiger partial charge in [0.15, 0.2) is 6.61 Å². The lowest BCUT2D eigenvalue weighted by atomic mass is 10.3. The van der Waals surface area contributed by atoms with Crippen molar-refractivity contribution in [3.8, 4) is 5.75 Å². The molecule has 0 atom stereocenters. The van der Waals surface area contributed by atoms with E-state index in [2.05, 4.69) is 60.7 Å². The van der Waals surface area contributed by atoms with E-state index in [1.807, 2.05) is 19.1 Å². The lowest BCUT2D eigenvalue weighted by molar-refractivity contribution is 0.108. The van der Waals surface area contributed by atoms with Crippen molar-refractivity contribution < 1.29 is 9.57 Å². The predicted octanol–water partition coefficient (Wildman–Crippen LogP) is 3.30. The van der Waals surface area contributed by atoms with Gasteiger partial charge in [-0.05, 0) is 18.6 Å². The van der Waals surface area contributed by atoms with E-state index in [1.54, 1.807) is 6.21 Å². The van der Waals surface area contributed by atoms with Crippen LogP contribution in [0.3, 0.4) is 0 Å². The first-order valence-corrected chi connectivity index (χ1v) is 11.1. The first-order chi connectivity index (χ1) is 11.1. The van der Waals surface area contributed by atoms with Crippen LogP contribution in [0.5, 0.6) is 5.75 Å². The van der Waals surface area contributed by atoms with Gasteiger partial charge in [0.25, 0.3) is 0 Å². The standard InChI is InChI=1S/C19H25NO2Si/c1-4-14-20-22-16-15-21-17-10-12-19(13-11-17)23(2,3)18-8-6-5-7-9-18/h5-14H,4,15-16H2,1-3H3/b20-14+. The van der Waals surface area contributed by atoms with Crippen LogP contribution in [-0.2, 0) is 4.84 Å². The summed E-state index contributed by atoms with van der Waals surface area (Å²) < 4.78 is 5.68. The second-order valence-corrected chi connectivity index (χ2v) is 10.3. The molecule has 0 aromatic heterocycles. The van der Waals surface area contributed by atoms with E-state index in [4.69, 9.17) is 9.57 Å². The molecule has 0 unspecified atom stereocenters. The van der Waals surface area contributed by atoms with E-state index < -0.39 is 8.07 Å². The summed E-state index contributed by atoms with van der Waals surface area (Å²) in [6.45, 7) is 7.73. The van der Waals surface area contributed by atoms with Gasteiger partial charge in [0.1, 0.15) is 20.4 Å². The van der Waals surface area contributed by atoms with Gasteiger partial charge in [-0.15, -0.1) is 0 Å². The third-order valence-electron chi connectivity index (χ3n) is 3.85. The maximum atomic E-state index is 5.68. The Morgan fingerprint density at radius 3 is 2.22 bits per heavy atom. The molecule has 0 bridgehead atoms. The number of ether oxygens (including phenoxy) is 1. The second-order valence-electron chi connectivity index (χ2n) is 5.89. The second kappa shape index (κ2) is 8.53. The maximum Gasteiger partial charge on any atom is 0.151 e. The third-order valence-corrected chi connectivity index (χ3v) is 7.40. The molecule has 0 spiro atoms. The molecule has 0 aliphatic heterocycles. The van der Waals surface area contributed by atoms with Gasteiger partial charge in [-0.1, -0.05) is 78.0 Å². The molecule has 0 aliphatic carbocycles. The number of hydrogen-bond acceptors (Lipinski definition) is 3. The van der Waals surface area contributed by atoms with Crippen LogP contribution >= 0.6 is 0 Å². The van der Waals surface area contributed by atoms with Gasteiger partial charge in [-0.3, -0.25) is 0 Å². The van der Waals surface area contributed by atoms with Crippen LogP contribution in [0.25, 0.3) is 0 Å². The Labute approximate surface area is 140 Å². The Morgan fingerprint density at radius 1 is 0.913 bits per heavy atom. The summed E-state index contributed by atoms with van der Waals surface area (Å²) >= 11 is 0. The quantitative estimate of drug-likeness (QED) is 0.322. The zero-order chi connectivity index (χ0) is 16.5. The van der Waals surface area contributed by atoms with Crippen LogP contribution in [0.1, 0.15) is 13.3 Å². The Morgan fingerprint density at radius 2 is 1.57 bits per heavy atom. The number of oxime groups is 1. The Kier molecular flexibility index (Phi) is 6.41. The van der Waals surface area contributed by atoms with E-state index in [0.717, 1.165) is 12.2 Å². The topological polar surface area (TPSA) is 30.8 Å². The van der Waals surface area contributed by atoms with Crippen molar-refractivity contribution >= 4 is 24.7 Å². The fraction of sp³-hybridized carbons (Fsp3) is 0.316. The highest BCUT2D eigenvalue weighted by molar-refractivity contribution is 7.00. The lowest BCUT2D eigenvalue weighted by Gasteiger charge is -2.23. The number of hydrogen-bond donors (Lipinski definition) is 0. The summed E-state index contributed by atoms with van der Waals surface area (Å²) in [5.74, 6) is 0.870. The molecular weight excluding hydrogens is 302 g/mol. The molecule has 2 aromatic carbocycles. The number of rotatable bonds is 8. The molecular formula is C19H25NO2Si. The SMILES string of the molecule is CC/C=N/OCCOc1ccc([Si](C)(C)c2ccccc2)cc1. The Balaban J connectivity index is 1.93. The van der Waals surface area contributed by atoms with Crippen LogP contribution in [0.2, 0.25) is 13.1 Å². The summed E-state index contributed by atoms with van der Waals surface area (Å²) in [6.07, 6.45) is 2.62. The molecule has 0 saturated carbocycles. The largest absolute Gasteiger partial charge is 0.490 e. The van der Waals surface area contributed by atoms with Gasteiger partial charge in [-0.2, -0.15) is 0 Å². The van der Waals surface area contributed by atoms with Crippen LogP contribution < -0.4 is 15.1 Å². The summed E-state index contributed by atoms with van der Waals surface area (Å²) in [5.41, 5.74) is 0. The van der Waals surface area contributed by atoms with Crippen molar-refractivity contribution in [2.24, 2.45) is 5.16 Å². The number of nitrogens with zero attached hydrogens (tertiary/aromatic N) is 1. The van der Waals surface area contributed by atoms with E-state index in [0.29, 0.717) is 13.2 Å². The van der Waals surface area contributed by atoms with Crippen molar-refractivity contribution in [1.82, 2.24) is 0 Å². The highest BCUT2D eigenvalue weighted by Crippen LogP contribution is 2.11. The van der Waals surface area contributed by atoms with Crippen molar-refractivity contribution in [2.45, 2.75) is 26.4 Å². The van der Waals surface area contributed by atoms with Crippen molar-refractivity contribution in [3.05, 3.63) is 54.6 Å². The Hall–Kier alpha value is -2.07.